The molecule has 1 atom stereocenters. The Bertz CT molecular complexity index is 893. The number of fused-ring (bicyclic) bond motifs is 1. The Morgan fingerprint density at radius 1 is 1.42 bits per heavy atom. The van der Waals surface area contributed by atoms with Gasteiger partial charge in [-0.1, -0.05) is 11.8 Å². The van der Waals surface area contributed by atoms with E-state index in [2.05, 4.69) is 15.1 Å². The Balaban J connectivity index is 1.65. The summed E-state index contributed by atoms with van der Waals surface area (Å²) < 4.78 is 24.7. The molecule has 1 saturated heterocycles. The molecule has 24 heavy (non-hydrogen) atoms. The first-order valence-corrected chi connectivity index (χ1v) is 10.4. The number of carbonyl (C=O) groups is 1. The van der Waals surface area contributed by atoms with Crippen molar-refractivity contribution in [3.05, 3.63) is 17.5 Å². The summed E-state index contributed by atoms with van der Waals surface area (Å²) in [6, 6.07) is 1.68. The summed E-state index contributed by atoms with van der Waals surface area (Å²) in [7, 11) is -1.35. The van der Waals surface area contributed by atoms with Crippen molar-refractivity contribution in [2.45, 2.75) is 31.5 Å². The monoisotopic (exact) mass is 369 g/mol. The first-order chi connectivity index (χ1) is 11.2. The molecule has 10 heteroatoms. The van der Waals surface area contributed by atoms with E-state index in [0.29, 0.717) is 17.4 Å². The predicted octanol–water partition coefficient (Wildman–Crippen LogP) is 0.479. The lowest BCUT2D eigenvalue weighted by Gasteiger charge is -2.22. The summed E-state index contributed by atoms with van der Waals surface area (Å²) in [6.45, 7) is 3.81. The standard InChI is InChI=1S/C14H19N5O3S2/c1-9-6-10(2)19-13(15-9)16-14(17-19)23-7-12(20)18(3)11-4-5-24(21,22)8-11/h6,11H,4-5,7-8H2,1-3H3/t11-/m1/s1. The van der Waals surface area contributed by atoms with Gasteiger partial charge in [0.25, 0.3) is 5.78 Å². The van der Waals surface area contributed by atoms with Gasteiger partial charge in [-0.2, -0.15) is 4.98 Å². The highest BCUT2D eigenvalue weighted by atomic mass is 32.2. The van der Waals surface area contributed by atoms with E-state index in [1.807, 2.05) is 19.9 Å². The van der Waals surface area contributed by atoms with Gasteiger partial charge in [0.2, 0.25) is 11.1 Å². The Kier molecular flexibility index (Phi) is 4.52. The molecule has 2 aromatic heterocycles. The lowest BCUT2D eigenvalue weighted by Crippen LogP contribution is -2.38. The van der Waals surface area contributed by atoms with Gasteiger partial charge in [0.05, 0.1) is 17.3 Å². The van der Waals surface area contributed by atoms with Crippen LogP contribution in [0, 0.1) is 13.8 Å². The van der Waals surface area contributed by atoms with E-state index in [1.54, 1.807) is 11.6 Å². The predicted molar refractivity (Wildman–Crippen MR) is 90.8 cm³/mol. The molecule has 0 bridgehead atoms. The number of thioether (sulfide) groups is 1. The van der Waals surface area contributed by atoms with Crippen LogP contribution in [-0.4, -0.2) is 69.2 Å². The van der Waals surface area contributed by atoms with E-state index in [0.717, 1.165) is 11.4 Å². The molecule has 0 radical (unpaired) electrons. The fraction of sp³-hybridized carbons (Fsp3) is 0.571. The van der Waals surface area contributed by atoms with Crippen LogP contribution in [0.5, 0.6) is 0 Å². The molecule has 1 aliphatic heterocycles. The molecule has 1 amide bonds. The third-order valence-corrected chi connectivity index (χ3v) is 6.65. The molecule has 2 aromatic rings. The summed E-state index contributed by atoms with van der Waals surface area (Å²) >= 11 is 1.23. The summed E-state index contributed by atoms with van der Waals surface area (Å²) in [6.07, 6.45) is 0.504. The molecule has 0 N–H and O–H groups in total. The number of sulfone groups is 1. The quantitative estimate of drug-likeness (QED) is 0.723. The molecule has 8 nitrogen and oxygen atoms in total. The van der Waals surface area contributed by atoms with E-state index >= 15 is 0 Å². The Morgan fingerprint density at radius 3 is 2.83 bits per heavy atom. The largest absolute Gasteiger partial charge is 0.341 e. The zero-order valence-corrected chi connectivity index (χ0v) is 15.4. The van der Waals surface area contributed by atoms with Crippen molar-refractivity contribution in [2.24, 2.45) is 0 Å². The van der Waals surface area contributed by atoms with Gasteiger partial charge in [0, 0.05) is 24.5 Å². The Hall–Kier alpha value is -1.68. The molecular weight excluding hydrogens is 350 g/mol. The van der Waals surface area contributed by atoms with Crippen LogP contribution >= 0.6 is 11.8 Å². The maximum Gasteiger partial charge on any atom is 0.253 e. The molecule has 1 aliphatic rings. The second kappa shape index (κ2) is 6.32. The lowest BCUT2D eigenvalue weighted by atomic mass is 10.2. The van der Waals surface area contributed by atoms with E-state index in [-0.39, 0.29) is 29.2 Å². The molecule has 3 heterocycles. The number of hydrogen-bond acceptors (Lipinski definition) is 7. The van der Waals surface area contributed by atoms with Crippen LogP contribution in [-0.2, 0) is 14.6 Å². The normalized spacial score (nSPS) is 19.7. The van der Waals surface area contributed by atoms with Crippen molar-refractivity contribution in [3.8, 4) is 0 Å². The molecule has 130 valence electrons. The average Bonchev–Trinajstić information content (AvgIpc) is 3.07. The van der Waals surface area contributed by atoms with Crippen molar-refractivity contribution >= 4 is 33.3 Å². The maximum atomic E-state index is 12.3. The number of aryl methyl sites for hydroxylation is 2. The number of rotatable bonds is 4. The highest BCUT2D eigenvalue weighted by molar-refractivity contribution is 7.99. The van der Waals surface area contributed by atoms with Gasteiger partial charge in [0.1, 0.15) is 0 Å². The van der Waals surface area contributed by atoms with Gasteiger partial charge in [-0.05, 0) is 26.3 Å². The number of amides is 1. The SMILES string of the molecule is Cc1cc(C)n2nc(SCC(=O)N(C)[C@@H]3CCS(=O)(=O)C3)nc2n1. The number of carbonyl (C=O) groups excluding carboxylic acids is 1. The average molecular weight is 369 g/mol. The fourth-order valence-corrected chi connectivity index (χ4v) is 5.24. The van der Waals surface area contributed by atoms with Gasteiger partial charge in [0.15, 0.2) is 9.84 Å². The van der Waals surface area contributed by atoms with E-state index in [9.17, 15) is 13.2 Å². The highest BCUT2D eigenvalue weighted by Crippen LogP contribution is 2.20. The van der Waals surface area contributed by atoms with Gasteiger partial charge < -0.3 is 4.90 Å². The smallest absolute Gasteiger partial charge is 0.253 e. The zero-order valence-electron chi connectivity index (χ0n) is 13.8. The highest BCUT2D eigenvalue weighted by Gasteiger charge is 2.32. The third kappa shape index (κ3) is 3.54. The van der Waals surface area contributed by atoms with E-state index in [1.165, 1.54) is 16.7 Å². The second-order valence-electron chi connectivity index (χ2n) is 6.00. The Labute approximate surface area is 144 Å². The molecule has 3 rings (SSSR count). The minimum absolute atomic E-state index is 0.0505. The van der Waals surface area contributed by atoms with Gasteiger partial charge in [-0.25, -0.2) is 17.9 Å². The van der Waals surface area contributed by atoms with Crippen LogP contribution in [0.3, 0.4) is 0 Å². The lowest BCUT2D eigenvalue weighted by molar-refractivity contribution is -0.128. The van der Waals surface area contributed by atoms with Crippen LogP contribution in [0.4, 0.5) is 0 Å². The molecule has 0 aromatic carbocycles. The van der Waals surface area contributed by atoms with E-state index < -0.39 is 9.84 Å². The number of nitrogens with zero attached hydrogens (tertiary/aromatic N) is 5. The fourth-order valence-electron chi connectivity index (χ4n) is 2.72. The zero-order chi connectivity index (χ0) is 17.5. The Morgan fingerprint density at radius 2 is 2.17 bits per heavy atom. The molecule has 0 unspecified atom stereocenters. The van der Waals surface area contributed by atoms with Crippen molar-refractivity contribution in [1.82, 2.24) is 24.5 Å². The van der Waals surface area contributed by atoms with Crippen LogP contribution in [0.15, 0.2) is 11.2 Å². The molecule has 0 spiro atoms. The number of hydrogen-bond donors (Lipinski definition) is 0. The minimum atomic E-state index is -3.00. The maximum absolute atomic E-state index is 12.3. The van der Waals surface area contributed by atoms with Gasteiger partial charge in [-0.3, -0.25) is 4.79 Å². The third-order valence-electron chi connectivity index (χ3n) is 4.07. The van der Waals surface area contributed by atoms with Gasteiger partial charge >= 0.3 is 0 Å². The summed E-state index contributed by atoms with van der Waals surface area (Å²) in [5.41, 5.74) is 1.79. The molecule has 0 saturated carbocycles. The first-order valence-electron chi connectivity index (χ1n) is 7.55. The van der Waals surface area contributed by atoms with Crippen molar-refractivity contribution < 1.29 is 13.2 Å². The van der Waals surface area contributed by atoms with Crippen molar-refractivity contribution in [1.29, 1.82) is 0 Å². The van der Waals surface area contributed by atoms with Crippen LogP contribution in [0.1, 0.15) is 17.8 Å². The summed E-state index contributed by atoms with van der Waals surface area (Å²) in [5, 5.41) is 4.83. The topological polar surface area (TPSA) is 97.5 Å². The molecular formula is C14H19N5O3S2. The number of aromatic nitrogens is 4. The molecule has 0 aliphatic carbocycles. The van der Waals surface area contributed by atoms with Gasteiger partial charge in [-0.15, -0.1) is 5.10 Å². The first kappa shape index (κ1) is 17.2. The van der Waals surface area contributed by atoms with Crippen LogP contribution in [0.2, 0.25) is 0 Å². The van der Waals surface area contributed by atoms with Crippen molar-refractivity contribution in [3.63, 3.8) is 0 Å². The minimum Gasteiger partial charge on any atom is -0.341 e. The second-order valence-corrected chi connectivity index (χ2v) is 9.17. The summed E-state index contributed by atoms with van der Waals surface area (Å²) in [5.74, 6) is 0.761. The van der Waals surface area contributed by atoms with Crippen LogP contribution in [0.25, 0.3) is 5.78 Å². The molecule has 1 fully saturated rings. The summed E-state index contributed by atoms with van der Waals surface area (Å²) in [4.78, 5) is 22.4. The van der Waals surface area contributed by atoms with Crippen LogP contribution < -0.4 is 0 Å². The van der Waals surface area contributed by atoms with E-state index in [4.69, 9.17) is 0 Å². The van der Waals surface area contributed by atoms with Crippen molar-refractivity contribution in [2.75, 3.05) is 24.3 Å².